The average molecular weight is 346 g/mol. The van der Waals surface area contributed by atoms with Crippen LogP contribution in [-0.4, -0.2) is 68.0 Å². The highest BCUT2D eigenvalue weighted by Crippen LogP contribution is 2.17. The van der Waals surface area contributed by atoms with E-state index in [1.807, 2.05) is 4.90 Å². The second-order valence-electron chi connectivity index (χ2n) is 6.59. The molecule has 0 aromatic rings. The molecule has 2 heterocycles. The molecule has 0 aromatic carbocycles. The second kappa shape index (κ2) is 8.99. The minimum Gasteiger partial charge on any atom is -0.340 e. The van der Waals surface area contributed by atoms with Crippen molar-refractivity contribution in [2.75, 3.05) is 38.5 Å². The lowest BCUT2D eigenvalue weighted by molar-refractivity contribution is -0.134. The lowest BCUT2D eigenvalue weighted by Crippen LogP contribution is -2.46. The largest absolute Gasteiger partial charge is 0.340 e. The Morgan fingerprint density at radius 1 is 1.22 bits per heavy atom. The summed E-state index contributed by atoms with van der Waals surface area (Å²) in [7, 11) is -3.17. The fraction of sp³-hybridized carbons (Fsp3) is 0.938. The molecule has 2 rings (SSSR count). The maximum absolute atomic E-state index is 12.5. The Balaban J connectivity index is 1.81. The van der Waals surface area contributed by atoms with Crippen LogP contribution in [0.3, 0.4) is 0 Å². The van der Waals surface area contributed by atoms with Crippen molar-refractivity contribution in [1.82, 2.24) is 14.5 Å². The van der Waals surface area contributed by atoms with Crippen LogP contribution >= 0.6 is 0 Å². The van der Waals surface area contributed by atoms with Crippen LogP contribution in [0.5, 0.6) is 0 Å². The summed E-state index contributed by atoms with van der Waals surface area (Å²) in [4.78, 5) is 14.5. The number of hydrogen-bond acceptors (Lipinski definition) is 4. The predicted octanol–water partition coefficient (Wildman–Crippen LogP) is 1.18. The van der Waals surface area contributed by atoms with E-state index in [-0.39, 0.29) is 11.7 Å². The molecule has 23 heavy (non-hydrogen) atoms. The van der Waals surface area contributed by atoms with Crippen molar-refractivity contribution < 1.29 is 13.2 Å². The SMILES string of the molecule is CCCN(C(=O)CCCS(=O)(=O)N1CCCC1)C1CCNCC1. The molecule has 0 spiro atoms. The van der Waals surface area contributed by atoms with E-state index in [2.05, 4.69) is 12.2 Å². The van der Waals surface area contributed by atoms with Gasteiger partial charge in [-0.05, 0) is 51.6 Å². The highest BCUT2D eigenvalue weighted by atomic mass is 32.2. The van der Waals surface area contributed by atoms with Gasteiger partial charge in [-0.3, -0.25) is 4.79 Å². The van der Waals surface area contributed by atoms with Gasteiger partial charge in [-0.15, -0.1) is 0 Å². The number of rotatable bonds is 8. The molecular weight excluding hydrogens is 314 g/mol. The molecule has 0 radical (unpaired) electrons. The molecule has 1 amide bonds. The molecule has 7 heteroatoms. The molecule has 2 fully saturated rings. The number of sulfonamides is 1. The van der Waals surface area contributed by atoms with Crippen LogP contribution < -0.4 is 5.32 Å². The van der Waals surface area contributed by atoms with E-state index in [0.717, 1.165) is 51.7 Å². The quantitative estimate of drug-likeness (QED) is 0.717. The number of nitrogens with one attached hydrogen (secondary N) is 1. The number of amides is 1. The molecule has 2 aliphatic rings. The summed E-state index contributed by atoms with van der Waals surface area (Å²) in [6.45, 7) is 6.07. The van der Waals surface area contributed by atoms with E-state index in [1.54, 1.807) is 4.31 Å². The smallest absolute Gasteiger partial charge is 0.222 e. The van der Waals surface area contributed by atoms with E-state index < -0.39 is 10.0 Å². The maximum atomic E-state index is 12.5. The van der Waals surface area contributed by atoms with Gasteiger partial charge in [-0.1, -0.05) is 6.92 Å². The zero-order valence-electron chi connectivity index (χ0n) is 14.3. The van der Waals surface area contributed by atoms with Crippen LogP contribution in [0.1, 0.15) is 51.9 Å². The lowest BCUT2D eigenvalue weighted by Gasteiger charge is -2.34. The van der Waals surface area contributed by atoms with Gasteiger partial charge in [0.05, 0.1) is 5.75 Å². The van der Waals surface area contributed by atoms with E-state index in [4.69, 9.17) is 0 Å². The van der Waals surface area contributed by atoms with E-state index in [0.29, 0.717) is 32.0 Å². The predicted molar refractivity (Wildman–Crippen MR) is 91.7 cm³/mol. The summed E-state index contributed by atoms with van der Waals surface area (Å²) in [5.41, 5.74) is 0. The normalized spacial score (nSPS) is 20.7. The second-order valence-corrected chi connectivity index (χ2v) is 8.68. The van der Waals surface area contributed by atoms with Crippen molar-refractivity contribution >= 4 is 15.9 Å². The lowest BCUT2D eigenvalue weighted by atomic mass is 10.0. The Morgan fingerprint density at radius 2 is 1.87 bits per heavy atom. The average Bonchev–Trinajstić information content (AvgIpc) is 3.08. The molecule has 1 N–H and O–H groups in total. The Kier molecular flexibility index (Phi) is 7.30. The van der Waals surface area contributed by atoms with Crippen LogP contribution in [0.2, 0.25) is 0 Å². The summed E-state index contributed by atoms with van der Waals surface area (Å²) in [6.07, 6.45) is 5.63. The number of carbonyl (C=O) groups excluding carboxylic acids is 1. The highest BCUT2D eigenvalue weighted by molar-refractivity contribution is 7.89. The first kappa shape index (κ1) is 18.7. The van der Waals surface area contributed by atoms with Crippen molar-refractivity contribution in [3.8, 4) is 0 Å². The molecule has 0 saturated carbocycles. The minimum absolute atomic E-state index is 0.102. The third-order valence-corrected chi connectivity index (χ3v) is 6.74. The Bertz CT molecular complexity index is 469. The number of piperidine rings is 1. The molecule has 0 aromatic heterocycles. The van der Waals surface area contributed by atoms with Crippen LogP contribution in [0.15, 0.2) is 0 Å². The van der Waals surface area contributed by atoms with Gasteiger partial charge in [0.1, 0.15) is 0 Å². The standard InChI is InChI=1S/C16H31N3O3S/c1-2-11-19(15-7-9-17-10-8-15)16(20)6-5-14-23(21,22)18-12-3-4-13-18/h15,17H,2-14H2,1H3. The Morgan fingerprint density at radius 3 is 2.48 bits per heavy atom. The monoisotopic (exact) mass is 345 g/mol. The van der Waals surface area contributed by atoms with E-state index in [1.165, 1.54) is 0 Å². The minimum atomic E-state index is -3.17. The van der Waals surface area contributed by atoms with Gasteiger partial charge in [0.2, 0.25) is 15.9 Å². The van der Waals surface area contributed by atoms with Gasteiger partial charge in [-0.2, -0.15) is 0 Å². The van der Waals surface area contributed by atoms with Crippen LogP contribution in [-0.2, 0) is 14.8 Å². The third kappa shape index (κ3) is 5.43. The molecule has 0 atom stereocenters. The molecule has 2 saturated heterocycles. The number of carbonyl (C=O) groups is 1. The topological polar surface area (TPSA) is 69.7 Å². The highest BCUT2D eigenvalue weighted by Gasteiger charge is 2.27. The summed E-state index contributed by atoms with van der Waals surface area (Å²) in [5.74, 6) is 0.223. The van der Waals surface area contributed by atoms with Gasteiger partial charge in [0.15, 0.2) is 0 Å². The van der Waals surface area contributed by atoms with Gasteiger partial charge in [0, 0.05) is 32.1 Å². The number of nitrogens with zero attached hydrogens (tertiary/aromatic N) is 2. The van der Waals surface area contributed by atoms with Crippen molar-refractivity contribution in [3.05, 3.63) is 0 Å². The van der Waals surface area contributed by atoms with Crippen molar-refractivity contribution in [2.45, 2.75) is 57.9 Å². The van der Waals surface area contributed by atoms with Gasteiger partial charge in [0.25, 0.3) is 0 Å². The zero-order chi connectivity index (χ0) is 16.7. The molecule has 2 aliphatic heterocycles. The Labute approximate surface area is 140 Å². The fourth-order valence-corrected chi connectivity index (χ4v) is 5.10. The zero-order valence-corrected chi connectivity index (χ0v) is 15.1. The summed E-state index contributed by atoms with van der Waals surface area (Å²) >= 11 is 0. The van der Waals surface area contributed by atoms with Crippen molar-refractivity contribution in [1.29, 1.82) is 0 Å². The molecule has 0 unspecified atom stereocenters. The van der Waals surface area contributed by atoms with Crippen molar-refractivity contribution in [3.63, 3.8) is 0 Å². The molecular formula is C16H31N3O3S. The van der Waals surface area contributed by atoms with Crippen molar-refractivity contribution in [2.24, 2.45) is 0 Å². The molecule has 134 valence electrons. The van der Waals surface area contributed by atoms with Gasteiger partial charge in [-0.25, -0.2) is 12.7 Å². The maximum Gasteiger partial charge on any atom is 0.222 e. The van der Waals surface area contributed by atoms with E-state index in [9.17, 15) is 13.2 Å². The molecule has 0 bridgehead atoms. The first-order valence-electron chi connectivity index (χ1n) is 9.02. The summed E-state index contributed by atoms with van der Waals surface area (Å²) in [5, 5.41) is 3.32. The third-order valence-electron chi connectivity index (χ3n) is 4.79. The van der Waals surface area contributed by atoms with Crippen LogP contribution in [0.25, 0.3) is 0 Å². The Hall–Kier alpha value is -0.660. The summed E-state index contributed by atoms with van der Waals surface area (Å²) in [6, 6.07) is 0.318. The van der Waals surface area contributed by atoms with Crippen LogP contribution in [0, 0.1) is 0 Å². The van der Waals surface area contributed by atoms with Gasteiger partial charge < -0.3 is 10.2 Å². The fourth-order valence-electron chi connectivity index (χ4n) is 3.51. The molecule has 0 aliphatic carbocycles. The first-order chi connectivity index (χ1) is 11.0. The van der Waals surface area contributed by atoms with Crippen LogP contribution in [0.4, 0.5) is 0 Å². The number of hydrogen-bond donors (Lipinski definition) is 1. The first-order valence-corrected chi connectivity index (χ1v) is 10.6. The van der Waals surface area contributed by atoms with E-state index >= 15 is 0 Å². The molecule has 6 nitrogen and oxygen atoms in total. The summed E-state index contributed by atoms with van der Waals surface area (Å²) < 4.78 is 26.0. The van der Waals surface area contributed by atoms with Gasteiger partial charge >= 0.3 is 0 Å².